The zero-order valence-corrected chi connectivity index (χ0v) is 14.3. The van der Waals surface area contributed by atoms with Gasteiger partial charge in [0.15, 0.2) is 5.78 Å². The van der Waals surface area contributed by atoms with Crippen LogP contribution in [-0.2, 0) is 9.90 Å². The van der Waals surface area contributed by atoms with Crippen LogP contribution < -0.4 is 0 Å². The number of hydrogen-bond donors (Lipinski definition) is 0. The number of ketones is 1. The molecule has 0 rings (SSSR count). The average molecular weight is 298 g/mol. The number of carbonyl (C=O) groups is 1. The highest BCUT2D eigenvalue weighted by Gasteiger charge is 1.99. The van der Waals surface area contributed by atoms with Crippen molar-refractivity contribution in [2.45, 2.75) is 110 Å². The Morgan fingerprint density at radius 2 is 0.905 bits per heavy atom. The molecule has 0 aliphatic rings. The molecule has 21 heavy (non-hydrogen) atoms. The third-order valence-electron chi connectivity index (χ3n) is 4.22. The summed E-state index contributed by atoms with van der Waals surface area (Å²) in [7, 11) is 0. The summed E-state index contributed by atoms with van der Waals surface area (Å²) in [6, 6.07) is 0. The van der Waals surface area contributed by atoms with Crippen molar-refractivity contribution in [3.05, 3.63) is 0 Å². The van der Waals surface area contributed by atoms with E-state index >= 15 is 0 Å². The first-order valence-corrected chi connectivity index (χ1v) is 9.41. The zero-order chi connectivity index (χ0) is 15.6. The maximum Gasteiger partial charge on any atom is 0.161 e. The fraction of sp³-hybridized carbons (Fsp3) is 0.947. The number of unbranched alkanes of at least 4 members (excludes halogenated alkanes) is 14. The molecule has 0 aliphatic heterocycles. The van der Waals surface area contributed by atoms with E-state index in [0.29, 0.717) is 6.42 Å². The van der Waals surface area contributed by atoms with Gasteiger partial charge < -0.3 is 0 Å². The van der Waals surface area contributed by atoms with Gasteiger partial charge in [0.05, 0.1) is 0 Å². The lowest BCUT2D eigenvalue weighted by molar-refractivity contribution is -0.123. The second-order valence-electron chi connectivity index (χ2n) is 6.38. The summed E-state index contributed by atoms with van der Waals surface area (Å²) >= 11 is 0. The highest BCUT2D eigenvalue weighted by molar-refractivity contribution is 5.79. The van der Waals surface area contributed by atoms with Crippen LogP contribution in [0.2, 0.25) is 0 Å². The van der Waals surface area contributed by atoms with E-state index < -0.39 is 6.61 Å². The molecule has 0 fully saturated rings. The van der Waals surface area contributed by atoms with Gasteiger partial charge in [0, 0.05) is 6.42 Å². The van der Waals surface area contributed by atoms with Gasteiger partial charge in [-0.2, -0.15) is 0 Å². The molecule has 0 unspecified atom stereocenters. The van der Waals surface area contributed by atoms with Crippen molar-refractivity contribution < 1.29 is 9.90 Å². The second kappa shape index (κ2) is 17.7. The van der Waals surface area contributed by atoms with Gasteiger partial charge in [-0.1, -0.05) is 96.8 Å². The Balaban J connectivity index is 2.98. The van der Waals surface area contributed by atoms with Crippen molar-refractivity contribution in [2.24, 2.45) is 0 Å². The van der Waals surface area contributed by atoms with Gasteiger partial charge in [-0.15, -0.1) is 0 Å². The average Bonchev–Trinajstić information content (AvgIpc) is 2.50. The van der Waals surface area contributed by atoms with E-state index in [-0.39, 0.29) is 5.78 Å². The van der Waals surface area contributed by atoms with Gasteiger partial charge in [-0.3, -0.25) is 4.79 Å². The first kappa shape index (κ1) is 20.6. The third kappa shape index (κ3) is 17.6. The Labute approximate surface area is 132 Å². The molecule has 0 amide bonds. The Bertz CT molecular complexity index is 214. The van der Waals surface area contributed by atoms with Crippen molar-refractivity contribution in [1.29, 1.82) is 0 Å². The Morgan fingerprint density at radius 3 is 1.24 bits per heavy atom. The van der Waals surface area contributed by atoms with Crippen LogP contribution in [-0.4, -0.2) is 12.4 Å². The summed E-state index contributed by atoms with van der Waals surface area (Å²) in [5.41, 5.74) is 0. The minimum atomic E-state index is -0.529. The molecular weight excluding hydrogens is 260 g/mol. The van der Waals surface area contributed by atoms with Crippen molar-refractivity contribution >= 4 is 5.78 Å². The molecule has 0 spiro atoms. The van der Waals surface area contributed by atoms with Crippen LogP contribution in [0, 0.1) is 0 Å². The largest absolute Gasteiger partial charge is 0.297 e. The molecule has 0 atom stereocenters. The van der Waals surface area contributed by atoms with E-state index in [1.165, 1.54) is 83.5 Å². The Morgan fingerprint density at radius 1 is 0.571 bits per heavy atom. The lowest BCUT2D eigenvalue weighted by Gasteiger charge is -2.03. The number of carbonyl (C=O) groups excluding carboxylic acids is 1. The van der Waals surface area contributed by atoms with E-state index in [4.69, 9.17) is 0 Å². The quantitative estimate of drug-likeness (QED) is 0.292. The van der Waals surface area contributed by atoms with Crippen molar-refractivity contribution in [3.63, 3.8) is 0 Å². The first-order valence-electron chi connectivity index (χ1n) is 9.41. The standard InChI is InChI=1S/C19H37O2/c1-2-3-4-5-6-7-8-9-10-11-12-13-14-15-16-17-19(21)18-20/h2-18H2,1H3. The van der Waals surface area contributed by atoms with Crippen LogP contribution >= 0.6 is 0 Å². The second-order valence-corrected chi connectivity index (χ2v) is 6.38. The Hall–Kier alpha value is -0.370. The molecular formula is C19H37O2. The lowest BCUT2D eigenvalue weighted by atomic mass is 10.0. The molecule has 2 nitrogen and oxygen atoms in total. The van der Waals surface area contributed by atoms with Gasteiger partial charge >= 0.3 is 0 Å². The summed E-state index contributed by atoms with van der Waals surface area (Å²) in [6.07, 6.45) is 20.5. The third-order valence-corrected chi connectivity index (χ3v) is 4.22. The maximum atomic E-state index is 10.8. The number of hydrogen-bond acceptors (Lipinski definition) is 1. The molecule has 0 saturated carbocycles. The Kier molecular flexibility index (Phi) is 17.4. The molecule has 0 aliphatic carbocycles. The van der Waals surface area contributed by atoms with Gasteiger partial charge in [0.25, 0.3) is 0 Å². The zero-order valence-electron chi connectivity index (χ0n) is 14.3. The van der Waals surface area contributed by atoms with E-state index in [2.05, 4.69) is 6.92 Å². The molecule has 0 heterocycles. The fourth-order valence-corrected chi connectivity index (χ4v) is 2.77. The van der Waals surface area contributed by atoms with Crippen molar-refractivity contribution in [1.82, 2.24) is 0 Å². The molecule has 1 radical (unpaired) electrons. The highest BCUT2D eigenvalue weighted by Crippen LogP contribution is 2.13. The normalized spacial score (nSPS) is 11.0. The molecule has 2 heteroatoms. The van der Waals surface area contributed by atoms with E-state index in [1.54, 1.807) is 0 Å². The molecule has 0 bridgehead atoms. The van der Waals surface area contributed by atoms with E-state index in [0.717, 1.165) is 12.8 Å². The maximum absolute atomic E-state index is 10.8. The van der Waals surface area contributed by atoms with Gasteiger partial charge in [-0.25, -0.2) is 5.11 Å². The number of Topliss-reactive ketones (excluding diaryl/α,β-unsaturated/α-hetero) is 1. The van der Waals surface area contributed by atoms with Crippen LogP contribution in [0.5, 0.6) is 0 Å². The van der Waals surface area contributed by atoms with Gasteiger partial charge in [0.2, 0.25) is 0 Å². The van der Waals surface area contributed by atoms with Crippen molar-refractivity contribution in [2.75, 3.05) is 6.61 Å². The molecule has 0 aromatic heterocycles. The summed E-state index contributed by atoms with van der Waals surface area (Å²) in [4.78, 5) is 10.8. The topological polar surface area (TPSA) is 37.0 Å². The monoisotopic (exact) mass is 297 g/mol. The first-order chi connectivity index (χ1) is 10.3. The number of rotatable bonds is 17. The summed E-state index contributed by atoms with van der Waals surface area (Å²) in [6.45, 7) is 1.74. The van der Waals surface area contributed by atoms with Crippen LogP contribution in [0.1, 0.15) is 110 Å². The molecule has 125 valence electrons. The predicted molar refractivity (Wildman–Crippen MR) is 90.1 cm³/mol. The van der Waals surface area contributed by atoms with Crippen LogP contribution in [0.3, 0.4) is 0 Å². The summed E-state index contributed by atoms with van der Waals surface area (Å²) in [5, 5.41) is 10.3. The minimum absolute atomic E-state index is 0.121. The summed E-state index contributed by atoms with van der Waals surface area (Å²) < 4.78 is 0. The molecule has 0 N–H and O–H groups in total. The van der Waals surface area contributed by atoms with E-state index in [9.17, 15) is 9.90 Å². The highest BCUT2D eigenvalue weighted by atomic mass is 16.3. The minimum Gasteiger partial charge on any atom is -0.297 e. The molecule has 0 aromatic rings. The molecule has 0 aromatic carbocycles. The fourth-order valence-electron chi connectivity index (χ4n) is 2.77. The van der Waals surface area contributed by atoms with Gasteiger partial charge in [0.1, 0.15) is 6.61 Å². The van der Waals surface area contributed by atoms with Crippen molar-refractivity contribution in [3.8, 4) is 0 Å². The SMILES string of the molecule is CCCCCCCCCCCCCCCCCC(=O)C[O]. The van der Waals surface area contributed by atoms with E-state index in [1.807, 2.05) is 0 Å². The van der Waals surface area contributed by atoms with Crippen LogP contribution in [0.4, 0.5) is 0 Å². The lowest BCUT2D eigenvalue weighted by Crippen LogP contribution is -2.01. The van der Waals surface area contributed by atoms with Crippen LogP contribution in [0.25, 0.3) is 0 Å². The van der Waals surface area contributed by atoms with Gasteiger partial charge in [-0.05, 0) is 6.42 Å². The molecule has 0 saturated heterocycles. The smallest absolute Gasteiger partial charge is 0.161 e. The summed E-state index contributed by atoms with van der Waals surface area (Å²) in [5.74, 6) is -0.121. The van der Waals surface area contributed by atoms with Crippen LogP contribution in [0.15, 0.2) is 0 Å². The predicted octanol–water partition coefficient (Wildman–Crippen LogP) is 6.25.